The fourth-order valence-corrected chi connectivity index (χ4v) is 3.04. The van der Waals surface area contributed by atoms with Gasteiger partial charge in [-0.1, -0.05) is 0 Å². The number of nitrogens with one attached hydrogen (secondary N) is 1. The van der Waals surface area contributed by atoms with E-state index in [1.807, 2.05) is 0 Å². The number of urea groups is 1. The zero-order valence-electron chi connectivity index (χ0n) is 11.5. The molecule has 2 fully saturated rings. The maximum atomic E-state index is 12.0. The Hall–Kier alpha value is -1.30. The predicted molar refractivity (Wildman–Crippen MR) is 71.0 cm³/mol. The van der Waals surface area contributed by atoms with Gasteiger partial charge in [-0.25, -0.2) is 9.59 Å². The number of carboxylic acid groups (broad SMARTS) is 1. The van der Waals surface area contributed by atoms with E-state index >= 15 is 0 Å². The van der Waals surface area contributed by atoms with Crippen LogP contribution in [0.5, 0.6) is 0 Å². The minimum absolute atomic E-state index is 0.224. The molecule has 19 heavy (non-hydrogen) atoms. The number of hydrogen-bond donors (Lipinski definition) is 2. The second-order valence-electron chi connectivity index (χ2n) is 5.65. The van der Waals surface area contributed by atoms with Crippen LogP contribution in [0.2, 0.25) is 0 Å². The standard InChI is InChI=1S/C13H23N3O3/c1-15-6-2-4-10(9-15)8-14-13(19)16-7-3-5-11(16)12(17)18/h10-11H,2-9H2,1H3,(H,14,19)(H,17,18)/t10?,11-/m1/s1. The molecule has 2 aliphatic heterocycles. The Morgan fingerprint density at radius 3 is 2.68 bits per heavy atom. The molecule has 0 radical (unpaired) electrons. The number of carboxylic acids is 1. The van der Waals surface area contributed by atoms with Gasteiger partial charge in [-0.05, 0) is 45.2 Å². The van der Waals surface area contributed by atoms with E-state index in [0.717, 1.165) is 25.9 Å². The number of amides is 2. The summed E-state index contributed by atoms with van der Waals surface area (Å²) in [6.45, 7) is 3.32. The van der Waals surface area contributed by atoms with Crippen molar-refractivity contribution in [3.8, 4) is 0 Å². The summed E-state index contributed by atoms with van der Waals surface area (Å²) < 4.78 is 0. The van der Waals surface area contributed by atoms with Gasteiger partial charge in [-0.3, -0.25) is 0 Å². The molecule has 0 aromatic carbocycles. The lowest BCUT2D eigenvalue weighted by Crippen LogP contribution is -2.48. The van der Waals surface area contributed by atoms with E-state index < -0.39 is 12.0 Å². The van der Waals surface area contributed by atoms with Gasteiger partial charge < -0.3 is 20.2 Å². The largest absolute Gasteiger partial charge is 0.480 e. The Labute approximate surface area is 113 Å². The monoisotopic (exact) mass is 269 g/mol. The van der Waals surface area contributed by atoms with Crippen LogP contribution in [0, 0.1) is 5.92 Å². The van der Waals surface area contributed by atoms with Crippen molar-refractivity contribution in [1.29, 1.82) is 0 Å². The molecule has 0 bridgehead atoms. The molecule has 2 atom stereocenters. The molecule has 2 aliphatic rings. The number of aliphatic carboxylic acids is 1. The van der Waals surface area contributed by atoms with Gasteiger partial charge >= 0.3 is 12.0 Å². The summed E-state index contributed by atoms with van der Waals surface area (Å²) in [4.78, 5) is 26.8. The van der Waals surface area contributed by atoms with E-state index in [1.165, 1.54) is 11.3 Å². The molecule has 0 aliphatic carbocycles. The number of carbonyl (C=O) groups is 2. The van der Waals surface area contributed by atoms with E-state index in [9.17, 15) is 9.59 Å². The van der Waals surface area contributed by atoms with Crippen LogP contribution in [-0.4, -0.2) is 66.2 Å². The summed E-state index contributed by atoms with van der Waals surface area (Å²) in [5.74, 6) is -0.418. The minimum Gasteiger partial charge on any atom is -0.480 e. The molecular weight excluding hydrogens is 246 g/mol. The quantitative estimate of drug-likeness (QED) is 0.786. The molecule has 0 aromatic heterocycles. The third-order valence-electron chi connectivity index (χ3n) is 4.06. The van der Waals surface area contributed by atoms with Gasteiger partial charge in [-0.2, -0.15) is 0 Å². The lowest BCUT2D eigenvalue weighted by atomic mass is 9.99. The molecular formula is C13H23N3O3. The summed E-state index contributed by atoms with van der Waals surface area (Å²) in [5.41, 5.74) is 0. The first-order valence-corrected chi connectivity index (χ1v) is 7.03. The molecule has 1 unspecified atom stereocenters. The highest BCUT2D eigenvalue weighted by Gasteiger charge is 2.34. The normalized spacial score (nSPS) is 28.4. The molecule has 108 valence electrons. The van der Waals surface area contributed by atoms with Crippen molar-refractivity contribution in [2.45, 2.75) is 31.7 Å². The van der Waals surface area contributed by atoms with Crippen molar-refractivity contribution in [3.63, 3.8) is 0 Å². The van der Waals surface area contributed by atoms with E-state index in [0.29, 0.717) is 25.4 Å². The predicted octanol–water partition coefficient (Wildman–Crippen LogP) is 0.587. The zero-order chi connectivity index (χ0) is 13.8. The third-order valence-corrected chi connectivity index (χ3v) is 4.06. The maximum Gasteiger partial charge on any atom is 0.326 e. The van der Waals surface area contributed by atoms with Gasteiger partial charge in [0.05, 0.1) is 0 Å². The Morgan fingerprint density at radius 1 is 1.26 bits per heavy atom. The summed E-state index contributed by atoms with van der Waals surface area (Å²) in [6.07, 6.45) is 3.64. The lowest BCUT2D eigenvalue weighted by Gasteiger charge is -2.30. The van der Waals surface area contributed by atoms with Gasteiger partial charge in [0.15, 0.2) is 0 Å². The number of nitrogens with zero attached hydrogens (tertiary/aromatic N) is 2. The molecule has 2 saturated heterocycles. The number of likely N-dealkylation sites (tertiary alicyclic amines) is 2. The van der Waals surface area contributed by atoms with Crippen LogP contribution in [0.25, 0.3) is 0 Å². The molecule has 0 saturated carbocycles. The number of piperidine rings is 1. The van der Waals surface area contributed by atoms with E-state index in [4.69, 9.17) is 5.11 Å². The molecule has 2 rings (SSSR count). The Bertz CT molecular complexity index is 348. The molecule has 6 heteroatoms. The Morgan fingerprint density at radius 2 is 2.00 bits per heavy atom. The molecule has 6 nitrogen and oxygen atoms in total. The van der Waals surface area contributed by atoms with Gasteiger partial charge in [0.25, 0.3) is 0 Å². The average molecular weight is 269 g/mol. The molecule has 0 spiro atoms. The smallest absolute Gasteiger partial charge is 0.326 e. The van der Waals surface area contributed by atoms with E-state index in [-0.39, 0.29) is 6.03 Å². The first-order valence-electron chi connectivity index (χ1n) is 7.03. The maximum absolute atomic E-state index is 12.0. The van der Waals surface area contributed by atoms with E-state index in [1.54, 1.807) is 0 Å². The number of rotatable bonds is 3. The van der Waals surface area contributed by atoms with Crippen LogP contribution in [0.4, 0.5) is 4.79 Å². The second-order valence-corrected chi connectivity index (χ2v) is 5.65. The first-order chi connectivity index (χ1) is 9.08. The van der Waals surface area contributed by atoms with Gasteiger partial charge in [0, 0.05) is 19.6 Å². The highest BCUT2D eigenvalue weighted by molar-refractivity contribution is 5.83. The van der Waals surface area contributed by atoms with Crippen LogP contribution >= 0.6 is 0 Å². The zero-order valence-corrected chi connectivity index (χ0v) is 11.5. The highest BCUT2D eigenvalue weighted by atomic mass is 16.4. The van der Waals surface area contributed by atoms with Crippen molar-refractivity contribution in [2.24, 2.45) is 5.92 Å². The highest BCUT2D eigenvalue weighted by Crippen LogP contribution is 2.18. The van der Waals surface area contributed by atoms with Crippen LogP contribution in [0.1, 0.15) is 25.7 Å². The second kappa shape index (κ2) is 6.23. The van der Waals surface area contributed by atoms with Gasteiger partial charge in [0.1, 0.15) is 6.04 Å². The summed E-state index contributed by atoms with van der Waals surface area (Å²) in [5, 5.41) is 12.0. The van der Waals surface area contributed by atoms with Crippen molar-refractivity contribution in [3.05, 3.63) is 0 Å². The van der Waals surface area contributed by atoms with Crippen LogP contribution in [-0.2, 0) is 4.79 Å². The van der Waals surface area contributed by atoms with Crippen LogP contribution in [0.3, 0.4) is 0 Å². The summed E-state index contributed by atoms with van der Waals surface area (Å²) in [6, 6.07) is -0.868. The topological polar surface area (TPSA) is 72.9 Å². The van der Waals surface area contributed by atoms with Crippen molar-refractivity contribution in [2.75, 3.05) is 33.2 Å². The number of carbonyl (C=O) groups excluding carboxylic acids is 1. The van der Waals surface area contributed by atoms with E-state index in [2.05, 4.69) is 17.3 Å². The average Bonchev–Trinajstić information content (AvgIpc) is 2.85. The summed E-state index contributed by atoms with van der Waals surface area (Å²) in [7, 11) is 2.09. The first kappa shape index (κ1) is 14.1. The van der Waals surface area contributed by atoms with Gasteiger partial charge in [0.2, 0.25) is 0 Å². The summed E-state index contributed by atoms with van der Waals surface area (Å²) >= 11 is 0. The lowest BCUT2D eigenvalue weighted by molar-refractivity contribution is -0.141. The third kappa shape index (κ3) is 3.59. The van der Waals surface area contributed by atoms with Crippen molar-refractivity contribution in [1.82, 2.24) is 15.1 Å². The Balaban J connectivity index is 1.79. The van der Waals surface area contributed by atoms with Crippen LogP contribution < -0.4 is 5.32 Å². The fourth-order valence-electron chi connectivity index (χ4n) is 3.04. The van der Waals surface area contributed by atoms with Crippen molar-refractivity contribution < 1.29 is 14.7 Å². The fraction of sp³-hybridized carbons (Fsp3) is 0.846. The molecule has 2 heterocycles. The van der Waals surface area contributed by atoms with Gasteiger partial charge in [-0.15, -0.1) is 0 Å². The molecule has 2 N–H and O–H groups in total. The molecule has 2 amide bonds. The van der Waals surface area contributed by atoms with Crippen molar-refractivity contribution >= 4 is 12.0 Å². The Kier molecular flexibility index (Phi) is 4.63. The minimum atomic E-state index is -0.898. The number of hydrogen-bond acceptors (Lipinski definition) is 3. The molecule has 0 aromatic rings. The SMILES string of the molecule is CN1CCCC(CNC(=O)N2CCC[C@@H]2C(=O)O)C1. The van der Waals surface area contributed by atoms with Crippen LogP contribution in [0.15, 0.2) is 0 Å².